The molecule has 0 aliphatic carbocycles. The fourth-order valence-corrected chi connectivity index (χ4v) is 3.86. The van der Waals surface area contributed by atoms with E-state index in [1.54, 1.807) is 6.07 Å². The average molecular weight is 435 g/mol. The van der Waals surface area contributed by atoms with Gasteiger partial charge in [-0.3, -0.25) is 14.5 Å². The molecule has 3 aromatic rings. The number of carbonyl (C=O) groups excluding carboxylic acids is 2. The summed E-state index contributed by atoms with van der Waals surface area (Å²) in [6, 6.07) is 16.5. The molecule has 32 heavy (non-hydrogen) atoms. The van der Waals surface area contributed by atoms with Crippen molar-refractivity contribution >= 4 is 17.4 Å². The van der Waals surface area contributed by atoms with Gasteiger partial charge in [0.15, 0.2) is 11.5 Å². The topological polar surface area (TPSA) is 77.8 Å². The Hall–Kier alpha value is -4.00. The van der Waals surface area contributed by atoms with Crippen LogP contribution in [0.1, 0.15) is 23.6 Å². The van der Waals surface area contributed by atoms with E-state index in [1.165, 1.54) is 18.2 Å². The minimum Gasteiger partial charge on any atom is -0.508 e. The third-order valence-electron chi connectivity index (χ3n) is 5.35. The maximum absolute atomic E-state index is 14.6. The predicted molar refractivity (Wildman–Crippen MR) is 114 cm³/mol. The van der Waals surface area contributed by atoms with E-state index in [2.05, 4.69) is 0 Å². The smallest absolute Gasteiger partial charge is 0.294 e. The van der Waals surface area contributed by atoms with Gasteiger partial charge < -0.3 is 10.2 Å². The molecule has 0 bridgehead atoms. The zero-order chi connectivity index (χ0) is 22.8. The van der Waals surface area contributed by atoms with Gasteiger partial charge in [0.25, 0.3) is 5.91 Å². The van der Waals surface area contributed by atoms with Gasteiger partial charge in [-0.15, -0.1) is 0 Å². The number of aryl methyl sites for hydroxylation is 1. The van der Waals surface area contributed by atoms with E-state index < -0.39 is 35.1 Å². The van der Waals surface area contributed by atoms with Crippen molar-refractivity contribution in [2.24, 2.45) is 0 Å². The lowest BCUT2D eigenvalue weighted by atomic mass is 9.93. The zero-order valence-electron chi connectivity index (χ0n) is 16.8. The molecule has 0 spiro atoms. The molecule has 0 saturated heterocycles. The first-order chi connectivity index (χ1) is 15.4. The molecule has 4 rings (SSSR count). The number of ketones is 1. The maximum atomic E-state index is 14.6. The van der Waals surface area contributed by atoms with Gasteiger partial charge in [-0.2, -0.15) is 0 Å². The highest BCUT2D eigenvalue weighted by molar-refractivity contribution is 6.16. The summed E-state index contributed by atoms with van der Waals surface area (Å²) in [6.07, 6.45) is 0.383. The van der Waals surface area contributed by atoms with Gasteiger partial charge in [0.2, 0.25) is 0 Å². The molecule has 2 N–H and O–H groups in total. The van der Waals surface area contributed by atoms with Crippen LogP contribution in [0.2, 0.25) is 0 Å². The van der Waals surface area contributed by atoms with Crippen molar-refractivity contribution in [3.63, 3.8) is 0 Å². The second-order valence-electron chi connectivity index (χ2n) is 7.44. The summed E-state index contributed by atoms with van der Waals surface area (Å²) in [5.74, 6) is -4.24. The summed E-state index contributed by atoms with van der Waals surface area (Å²) in [5.41, 5.74) is 0.720. The molecule has 0 fully saturated rings. The number of amides is 1. The van der Waals surface area contributed by atoms with Gasteiger partial charge in [0.1, 0.15) is 17.4 Å². The van der Waals surface area contributed by atoms with Crippen molar-refractivity contribution < 1.29 is 28.6 Å². The Labute approximate surface area is 182 Å². The average Bonchev–Trinajstić information content (AvgIpc) is 3.04. The molecule has 7 heteroatoms. The third-order valence-corrected chi connectivity index (χ3v) is 5.35. The van der Waals surface area contributed by atoms with E-state index in [0.29, 0.717) is 18.1 Å². The number of carbonyl (C=O) groups is 2. The van der Waals surface area contributed by atoms with Crippen LogP contribution in [-0.2, 0) is 16.0 Å². The number of hydrogen-bond acceptors (Lipinski definition) is 4. The van der Waals surface area contributed by atoms with Crippen molar-refractivity contribution in [1.29, 1.82) is 0 Å². The normalized spacial score (nSPS) is 16.0. The van der Waals surface area contributed by atoms with Gasteiger partial charge in [0, 0.05) is 12.5 Å². The highest BCUT2D eigenvalue weighted by Gasteiger charge is 2.45. The van der Waals surface area contributed by atoms with Crippen LogP contribution in [0.25, 0.3) is 0 Å². The maximum Gasteiger partial charge on any atom is 0.294 e. The summed E-state index contributed by atoms with van der Waals surface area (Å²) >= 11 is 0. The molecule has 0 saturated carbocycles. The summed E-state index contributed by atoms with van der Waals surface area (Å²) in [7, 11) is 0. The van der Waals surface area contributed by atoms with Crippen molar-refractivity contribution in [3.8, 4) is 5.75 Å². The molecular formula is C25H19F2NO4. The van der Waals surface area contributed by atoms with Crippen LogP contribution >= 0.6 is 0 Å². The molecule has 0 radical (unpaired) electrons. The minimum absolute atomic E-state index is 0.00570. The Kier molecular flexibility index (Phi) is 5.73. The van der Waals surface area contributed by atoms with Crippen molar-refractivity contribution in [1.82, 2.24) is 0 Å². The van der Waals surface area contributed by atoms with Gasteiger partial charge >= 0.3 is 0 Å². The Morgan fingerprint density at radius 3 is 2.38 bits per heavy atom. The molecule has 0 aromatic heterocycles. The second-order valence-corrected chi connectivity index (χ2v) is 7.44. The van der Waals surface area contributed by atoms with Crippen LogP contribution in [0.15, 0.2) is 84.1 Å². The highest BCUT2D eigenvalue weighted by atomic mass is 19.1. The second kappa shape index (κ2) is 8.63. The lowest BCUT2D eigenvalue weighted by molar-refractivity contribution is -0.118. The number of phenolic OH excluding ortho intramolecular Hbond substituents is 1. The summed E-state index contributed by atoms with van der Waals surface area (Å²) in [4.78, 5) is 27.0. The number of hydrogen-bond donors (Lipinski definition) is 2. The van der Waals surface area contributed by atoms with E-state index in [-0.39, 0.29) is 23.4 Å². The largest absolute Gasteiger partial charge is 0.508 e. The molecule has 1 unspecified atom stereocenters. The number of nitrogens with zero attached hydrogens (tertiary/aromatic N) is 1. The summed E-state index contributed by atoms with van der Waals surface area (Å²) in [5, 5.41) is 20.6. The van der Waals surface area contributed by atoms with Crippen LogP contribution in [0.4, 0.5) is 14.5 Å². The van der Waals surface area contributed by atoms with Gasteiger partial charge in [-0.05, 0) is 41.8 Å². The van der Waals surface area contributed by atoms with Crippen molar-refractivity contribution in [2.45, 2.75) is 18.9 Å². The molecule has 1 atom stereocenters. The first kappa shape index (κ1) is 21.2. The van der Waals surface area contributed by atoms with Gasteiger partial charge in [-0.25, -0.2) is 8.78 Å². The van der Waals surface area contributed by atoms with Crippen LogP contribution in [-0.4, -0.2) is 21.9 Å². The van der Waals surface area contributed by atoms with Crippen LogP contribution in [0, 0.1) is 11.6 Å². The first-order valence-corrected chi connectivity index (χ1v) is 9.94. The Bertz CT molecular complexity index is 1220. The number of Topliss-reactive ketones (excluding diaryl/α,β-unsaturated/α-hetero) is 1. The zero-order valence-corrected chi connectivity index (χ0v) is 16.8. The van der Waals surface area contributed by atoms with Gasteiger partial charge in [0.05, 0.1) is 17.3 Å². The third kappa shape index (κ3) is 3.97. The SMILES string of the molecule is O=C(CCc1ccccc1)C1=C(O)C(=O)N(c2ccc(F)cc2F)C1c1cccc(O)c1. The fourth-order valence-electron chi connectivity index (χ4n) is 3.86. The number of benzene rings is 3. The quantitative estimate of drug-likeness (QED) is 0.585. The number of rotatable bonds is 6. The lowest BCUT2D eigenvalue weighted by Crippen LogP contribution is -2.31. The predicted octanol–water partition coefficient (Wildman–Crippen LogP) is 4.77. The standard InChI is InChI=1S/C25H19F2NO4/c26-17-10-11-20(19(27)14-17)28-23(16-7-4-8-18(29)13-16)22(24(31)25(28)32)21(30)12-9-15-5-2-1-3-6-15/h1-8,10-11,13-14,23,29,31H,9,12H2. The highest BCUT2D eigenvalue weighted by Crippen LogP contribution is 2.42. The van der Waals surface area contributed by atoms with E-state index >= 15 is 0 Å². The van der Waals surface area contributed by atoms with E-state index in [0.717, 1.165) is 22.6 Å². The lowest BCUT2D eigenvalue weighted by Gasteiger charge is -2.27. The van der Waals surface area contributed by atoms with Crippen LogP contribution < -0.4 is 4.90 Å². The fraction of sp³-hybridized carbons (Fsp3) is 0.120. The number of anilines is 1. The Balaban J connectivity index is 1.76. The number of aromatic hydroxyl groups is 1. The number of phenols is 1. The van der Waals surface area contributed by atoms with Crippen LogP contribution in [0.5, 0.6) is 5.75 Å². The summed E-state index contributed by atoms with van der Waals surface area (Å²) < 4.78 is 28.1. The van der Waals surface area contributed by atoms with E-state index in [4.69, 9.17) is 0 Å². The summed E-state index contributed by atoms with van der Waals surface area (Å²) in [6.45, 7) is 0. The van der Waals surface area contributed by atoms with E-state index in [9.17, 15) is 28.6 Å². The molecular weight excluding hydrogens is 416 g/mol. The molecule has 1 aliphatic heterocycles. The van der Waals surface area contributed by atoms with Crippen molar-refractivity contribution in [2.75, 3.05) is 4.90 Å². The Morgan fingerprint density at radius 2 is 1.69 bits per heavy atom. The van der Waals surface area contributed by atoms with Crippen LogP contribution in [0.3, 0.4) is 0 Å². The number of aliphatic hydroxyl groups is 1. The molecule has 5 nitrogen and oxygen atoms in total. The first-order valence-electron chi connectivity index (χ1n) is 9.94. The molecule has 1 amide bonds. The molecule has 162 valence electrons. The van der Waals surface area contributed by atoms with E-state index in [1.807, 2.05) is 30.3 Å². The molecule has 1 aliphatic rings. The number of halogens is 2. The minimum atomic E-state index is -1.18. The number of aliphatic hydroxyl groups excluding tert-OH is 1. The molecule has 3 aromatic carbocycles. The van der Waals surface area contributed by atoms with Crippen molar-refractivity contribution in [3.05, 3.63) is 107 Å². The molecule has 1 heterocycles. The monoisotopic (exact) mass is 435 g/mol. The Morgan fingerprint density at radius 1 is 0.938 bits per heavy atom. The van der Waals surface area contributed by atoms with Gasteiger partial charge in [-0.1, -0.05) is 42.5 Å².